The molecule has 6 heteroatoms. The van der Waals surface area contributed by atoms with Crippen molar-refractivity contribution in [3.8, 4) is 0 Å². The Balaban J connectivity index is 2.07. The fourth-order valence-electron chi connectivity index (χ4n) is 2.60. The molecule has 3 nitrogen and oxygen atoms in total. The number of rotatable bonds is 3. The third-order valence-electron chi connectivity index (χ3n) is 3.57. The molecule has 0 saturated carbocycles. The van der Waals surface area contributed by atoms with E-state index in [9.17, 15) is 18.0 Å². The third-order valence-corrected chi connectivity index (χ3v) is 3.57. The van der Waals surface area contributed by atoms with Gasteiger partial charge in [-0.05, 0) is 17.7 Å². The first-order valence-electron chi connectivity index (χ1n) is 6.76. The Labute approximate surface area is 125 Å². The maximum Gasteiger partial charge on any atom is 0.267 e. The summed E-state index contributed by atoms with van der Waals surface area (Å²) < 4.78 is 40.8. The van der Waals surface area contributed by atoms with Crippen molar-refractivity contribution >= 4 is 17.3 Å². The zero-order chi connectivity index (χ0) is 15.7. The predicted molar refractivity (Wildman–Crippen MR) is 77.4 cm³/mol. The van der Waals surface area contributed by atoms with E-state index in [1.807, 2.05) is 0 Å². The highest BCUT2D eigenvalue weighted by molar-refractivity contribution is 6.03. The lowest BCUT2D eigenvalue weighted by atomic mass is 10.1. The van der Waals surface area contributed by atoms with Gasteiger partial charge in [-0.25, -0.2) is 13.2 Å². The molecule has 1 amide bonds. The van der Waals surface area contributed by atoms with E-state index in [0.717, 1.165) is 10.5 Å². The number of anilines is 2. The summed E-state index contributed by atoms with van der Waals surface area (Å²) in [5, 5.41) is 2.35. The van der Waals surface area contributed by atoms with E-state index in [2.05, 4.69) is 5.32 Å². The number of amides is 1. The molecule has 0 bridgehead atoms. The summed E-state index contributed by atoms with van der Waals surface area (Å²) >= 11 is 0. The Morgan fingerprint density at radius 1 is 1.09 bits per heavy atom. The standard InChI is InChI=1S/C16H13F3N2O/c17-11-7-4-8-12-13(11)21(9-10-5-2-1-3-6-10)14(15(18)19)16(22)20-12/h1-8,14-15H,9H2,(H,20,22). The molecular formula is C16H13F3N2O. The number of nitrogens with zero attached hydrogens (tertiary/aromatic N) is 1. The molecule has 1 atom stereocenters. The Morgan fingerprint density at radius 3 is 2.50 bits per heavy atom. The van der Waals surface area contributed by atoms with Crippen molar-refractivity contribution in [2.45, 2.75) is 19.0 Å². The van der Waals surface area contributed by atoms with E-state index >= 15 is 0 Å². The van der Waals surface area contributed by atoms with Crippen LogP contribution in [0.25, 0.3) is 0 Å². The second-order valence-electron chi connectivity index (χ2n) is 5.02. The molecule has 2 aromatic carbocycles. The average Bonchev–Trinajstić information content (AvgIpc) is 2.47. The van der Waals surface area contributed by atoms with Crippen LogP contribution in [-0.4, -0.2) is 18.4 Å². The van der Waals surface area contributed by atoms with Crippen LogP contribution in [0.5, 0.6) is 0 Å². The molecule has 1 unspecified atom stereocenters. The molecule has 1 aliphatic heterocycles. The molecule has 0 aliphatic carbocycles. The van der Waals surface area contributed by atoms with Gasteiger partial charge >= 0.3 is 0 Å². The summed E-state index contributed by atoms with van der Waals surface area (Å²) in [7, 11) is 0. The highest BCUT2D eigenvalue weighted by Gasteiger charge is 2.40. The quantitative estimate of drug-likeness (QED) is 0.942. The smallest absolute Gasteiger partial charge is 0.267 e. The monoisotopic (exact) mass is 306 g/mol. The SMILES string of the molecule is O=C1Nc2cccc(F)c2N(Cc2ccccc2)C1C(F)F. The molecule has 0 saturated heterocycles. The van der Waals surface area contributed by atoms with Crippen molar-refractivity contribution in [2.24, 2.45) is 0 Å². The minimum atomic E-state index is -2.92. The number of hydrogen-bond acceptors (Lipinski definition) is 2. The molecule has 114 valence electrons. The normalized spacial score (nSPS) is 17.4. The maximum atomic E-state index is 14.2. The lowest BCUT2D eigenvalue weighted by Gasteiger charge is -2.37. The van der Waals surface area contributed by atoms with Crippen molar-refractivity contribution in [1.29, 1.82) is 0 Å². The first kappa shape index (κ1) is 14.4. The van der Waals surface area contributed by atoms with Crippen LogP contribution in [0.1, 0.15) is 5.56 Å². The van der Waals surface area contributed by atoms with Crippen LogP contribution < -0.4 is 10.2 Å². The fourth-order valence-corrected chi connectivity index (χ4v) is 2.60. The van der Waals surface area contributed by atoms with Gasteiger partial charge in [-0.2, -0.15) is 0 Å². The number of carbonyl (C=O) groups excluding carboxylic acids is 1. The number of para-hydroxylation sites is 1. The van der Waals surface area contributed by atoms with Gasteiger partial charge in [0.15, 0.2) is 6.04 Å². The molecule has 0 spiro atoms. The number of carbonyl (C=O) groups is 1. The minimum Gasteiger partial charge on any atom is -0.346 e. The summed E-state index contributed by atoms with van der Waals surface area (Å²) in [6, 6.07) is 11.2. The predicted octanol–water partition coefficient (Wildman–Crippen LogP) is 3.42. The number of fused-ring (bicyclic) bond motifs is 1. The van der Waals surface area contributed by atoms with Crippen LogP contribution in [0.15, 0.2) is 48.5 Å². The van der Waals surface area contributed by atoms with Crippen LogP contribution in [0.3, 0.4) is 0 Å². The minimum absolute atomic E-state index is 0.00347. The van der Waals surface area contributed by atoms with E-state index in [1.54, 1.807) is 30.3 Å². The molecule has 0 aromatic heterocycles. The summed E-state index contributed by atoms with van der Waals surface area (Å²) in [6.45, 7) is 0.0250. The fraction of sp³-hybridized carbons (Fsp3) is 0.188. The Hall–Kier alpha value is -2.50. The van der Waals surface area contributed by atoms with Crippen molar-refractivity contribution in [2.75, 3.05) is 10.2 Å². The van der Waals surface area contributed by atoms with Crippen LogP contribution in [0.2, 0.25) is 0 Å². The molecular weight excluding hydrogens is 293 g/mol. The van der Waals surface area contributed by atoms with Crippen LogP contribution in [0, 0.1) is 5.82 Å². The molecule has 2 aromatic rings. The number of benzene rings is 2. The Kier molecular flexibility index (Phi) is 3.75. The van der Waals surface area contributed by atoms with Gasteiger partial charge < -0.3 is 10.2 Å². The number of alkyl halides is 2. The Morgan fingerprint density at radius 2 is 1.82 bits per heavy atom. The van der Waals surface area contributed by atoms with Gasteiger partial charge in [0.1, 0.15) is 5.82 Å². The lowest BCUT2D eigenvalue weighted by Crippen LogP contribution is -2.52. The van der Waals surface area contributed by atoms with Gasteiger partial charge in [0.05, 0.1) is 11.4 Å². The first-order valence-corrected chi connectivity index (χ1v) is 6.76. The topological polar surface area (TPSA) is 32.3 Å². The van der Waals surface area contributed by atoms with Gasteiger partial charge in [0, 0.05) is 6.54 Å². The molecule has 1 heterocycles. The van der Waals surface area contributed by atoms with Crippen molar-refractivity contribution in [1.82, 2.24) is 0 Å². The van der Waals surface area contributed by atoms with Gasteiger partial charge in [-0.15, -0.1) is 0 Å². The number of hydrogen-bond donors (Lipinski definition) is 1. The second-order valence-corrected chi connectivity index (χ2v) is 5.02. The van der Waals surface area contributed by atoms with Gasteiger partial charge in [0.2, 0.25) is 0 Å². The molecule has 1 N–H and O–H groups in total. The van der Waals surface area contributed by atoms with E-state index in [4.69, 9.17) is 0 Å². The summed E-state index contributed by atoms with van der Waals surface area (Å²) in [4.78, 5) is 13.1. The van der Waals surface area contributed by atoms with Crippen molar-refractivity contribution in [3.63, 3.8) is 0 Å². The maximum absolute atomic E-state index is 14.2. The van der Waals surface area contributed by atoms with E-state index < -0.39 is 24.2 Å². The average molecular weight is 306 g/mol. The van der Waals surface area contributed by atoms with Crippen molar-refractivity contribution < 1.29 is 18.0 Å². The zero-order valence-corrected chi connectivity index (χ0v) is 11.5. The third kappa shape index (κ3) is 2.52. The number of nitrogens with one attached hydrogen (secondary N) is 1. The molecule has 0 radical (unpaired) electrons. The highest BCUT2D eigenvalue weighted by Crippen LogP contribution is 2.37. The lowest BCUT2D eigenvalue weighted by molar-refractivity contribution is -0.120. The largest absolute Gasteiger partial charge is 0.346 e. The highest BCUT2D eigenvalue weighted by atomic mass is 19.3. The molecule has 1 aliphatic rings. The van der Waals surface area contributed by atoms with Crippen molar-refractivity contribution in [3.05, 3.63) is 59.9 Å². The molecule has 22 heavy (non-hydrogen) atoms. The van der Waals surface area contributed by atoms with Crippen LogP contribution in [-0.2, 0) is 11.3 Å². The van der Waals surface area contributed by atoms with E-state index in [0.29, 0.717) is 0 Å². The summed E-state index contributed by atoms with van der Waals surface area (Å²) in [5.41, 5.74) is 0.922. The van der Waals surface area contributed by atoms with Gasteiger partial charge in [-0.1, -0.05) is 36.4 Å². The second kappa shape index (κ2) is 5.71. The first-order chi connectivity index (χ1) is 10.6. The van der Waals surface area contributed by atoms with E-state index in [-0.39, 0.29) is 17.9 Å². The Bertz CT molecular complexity index is 691. The van der Waals surface area contributed by atoms with Gasteiger partial charge in [-0.3, -0.25) is 4.79 Å². The molecule has 0 fully saturated rings. The van der Waals surface area contributed by atoms with Crippen LogP contribution >= 0.6 is 0 Å². The summed E-state index contributed by atoms with van der Waals surface area (Å²) in [6.07, 6.45) is -2.92. The summed E-state index contributed by atoms with van der Waals surface area (Å²) in [5.74, 6) is -1.47. The van der Waals surface area contributed by atoms with Crippen LogP contribution in [0.4, 0.5) is 24.5 Å². The number of halogens is 3. The van der Waals surface area contributed by atoms with Gasteiger partial charge in [0.25, 0.3) is 12.3 Å². The molecule has 3 rings (SSSR count). The van der Waals surface area contributed by atoms with E-state index in [1.165, 1.54) is 18.2 Å². The zero-order valence-electron chi connectivity index (χ0n) is 11.5.